The molecule has 0 bridgehead atoms. The van der Waals surface area contributed by atoms with E-state index >= 15 is 0 Å². The largest absolute Gasteiger partial charge is 0.416 e. The molecule has 0 atom stereocenters. The van der Waals surface area contributed by atoms with E-state index in [1.165, 1.54) is 18.5 Å². The molecular weight excluding hydrogens is 373 g/mol. The van der Waals surface area contributed by atoms with Crippen LogP contribution in [0.1, 0.15) is 11.1 Å². The van der Waals surface area contributed by atoms with E-state index in [0.29, 0.717) is 37.4 Å². The number of aromatic nitrogens is 4. The Morgan fingerprint density at radius 3 is 2.39 bits per heavy atom. The summed E-state index contributed by atoms with van der Waals surface area (Å²) in [5.41, 5.74) is 0.518. The normalized spacial score (nSPS) is 15.2. The van der Waals surface area contributed by atoms with Crippen LogP contribution in [-0.4, -0.2) is 56.8 Å². The minimum Gasteiger partial charge on any atom is -0.352 e. The van der Waals surface area contributed by atoms with Gasteiger partial charge in [-0.1, -0.05) is 12.1 Å². The molecule has 0 spiro atoms. The van der Waals surface area contributed by atoms with Crippen molar-refractivity contribution in [3.05, 3.63) is 53.9 Å². The number of carbonyl (C=O) groups is 1. The van der Waals surface area contributed by atoms with E-state index < -0.39 is 11.7 Å². The van der Waals surface area contributed by atoms with Gasteiger partial charge < -0.3 is 9.80 Å². The molecule has 1 amide bonds. The van der Waals surface area contributed by atoms with Crippen molar-refractivity contribution in [1.82, 2.24) is 24.7 Å². The standard InChI is InChI=1S/C18H17F3N6O/c19-18(20,21)14-3-1-13(2-4-14)11-17(28)26-9-7-25(8-10-26)16-6-5-15-23-22-12-27(15)24-16/h1-6,12H,7-11H2. The Bertz CT molecular complexity index is 977. The molecule has 4 rings (SSSR count). The highest BCUT2D eigenvalue weighted by molar-refractivity contribution is 5.79. The van der Waals surface area contributed by atoms with E-state index in [9.17, 15) is 18.0 Å². The zero-order chi connectivity index (χ0) is 19.7. The number of rotatable bonds is 3. The van der Waals surface area contributed by atoms with E-state index in [1.54, 1.807) is 9.42 Å². The molecule has 1 aromatic carbocycles. The Morgan fingerprint density at radius 2 is 1.71 bits per heavy atom. The number of halogens is 3. The van der Waals surface area contributed by atoms with E-state index in [-0.39, 0.29) is 12.3 Å². The van der Waals surface area contributed by atoms with Gasteiger partial charge in [0.1, 0.15) is 12.1 Å². The SMILES string of the molecule is O=C(Cc1ccc(C(F)(F)F)cc1)N1CCN(c2ccc3nncn3n2)CC1. The molecule has 0 saturated carbocycles. The molecule has 1 aliphatic heterocycles. The maximum absolute atomic E-state index is 12.6. The van der Waals surface area contributed by atoms with Crippen LogP contribution in [0.3, 0.4) is 0 Å². The second-order valence-corrected chi connectivity index (χ2v) is 6.56. The first kappa shape index (κ1) is 18.2. The van der Waals surface area contributed by atoms with Gasteiger partial charge in [0.05, 0.1) is 12.0 Å². The third-order valence-electron chi connectivity index (χ3n) is 4.74. The third-order valence-corrected chi connectivity index (χ3v) is 4.74. The maximum atomic E-state index is 12.6. The van der Waals surface area contributed by atoms with Crippen LogP contribution in [0.4, 0.5) is 19.0 Å². The van der Waals surface area contributed by atoms with Gasteiger partial charge in [-0.25, -0.2) is 0 Å². The quantitative estimate of drug-likeness (QED) is 0.685. The van der Waals surface area contributed by atoms with Gasteiger partial charge >= 0.3 is 6.18 Å². The molecular formula is C18H17F3N6O. The highest BCUT2D eigenvalue weighted by Crippen LogP contribution is 2.29. The molecule has 7 nitrogen and oxygen atoms in total. The number of nitrogens with zero attached hydrogens (tertiary/aromatic N) is 6. The van der Waals surface area contributed by atoms with Crippen molar-refractivity contribution in [1.29, 1.82) is 0 Å². The number of piperazine rings is 1. The van der Waals surface area contributed by atoms with Crippen LogP contribution in [0.5, 0.6) is 0 Å². The number of carbonyl (C=O) groups excluding carboxylic acids is 1. The van der Waals surface area contributed by atoms with E-state index in [2.05, 4.69) is 20.2 Å². The summed E-state index contributed by atoms with van der Waals surface area (Å²) in [6.45, 7) is 2.31. The average Bonchev–Trinajstić information content (AvgIpc) is 3.15. The molecule has 1 fully saturated rings. The number of fused-ring (bicyclic) bond motifs is 1. The van der Waals surface area contributed by atoms with Crippen LogP contribution in [0, 0.1) is 0 Å². The van der Waals surface area contributed by atoms with Gasteiger partial charge in [0.15, 0.2) is 5.65 Å². The zero-order valence-electron chi connectivity index (χ0n) is 14.8. The zero-order valence-corrected chi connectivity index (χ0v) is 14.8. The van der Waals surface area contributed by atoms with Gasteiger partial charge in [-0.2, -0.15) is 17.7 Å². The number of anilines is 1. The second kappa shape index (κ2) is 7.10. The summed E-state index contributed by atoms with van der Waals surface area (Å²) in [4.78, 5) is 16.3. The van der Waals surface area contributed by atoms with Gasteiger partial charge in [-0.3, -0.25) is 4.79 Å². The number of alkyl halides is 3. The Balaban J connectivity index is 1.34. The smallest absolute Gasteiger partial charge is 0.352 e. The highest BCUT2D eigenvalue weighted by atomic mass is 19.4. The van der Waals surface area contributed by atoms with Crippen molar-refractivity contribution >= 4 is 17.4 Å². The van der Waals surface area contributed by atoms with Gasteiger partial charge in [0.2, 0.25) is 5.91 Å². The minimum absolute atomic E-state index is 0.0864. The van der Waals surface area contributed by atoms with Crippen molar-refractivity contribution in [2.45, 2.75) is 12.6 Å². The molecule has 0 N–H and O–H groups in total. The number of amides is 1. The average molecular weight is 390 g/mol. The lowest BCUT2D eigenvalue weighted by atomic mass is 10.1. The van der Waals surface area contributed by atoms with Crippen LogP contribution < -0.4 is 4.90 Å². The predicted octanol–water partition coefficient (Wildman–Crippen LogP) is 2.03. The molecule has 0 radical (unpaired) electrons. The predicted molar refractivity (Wildman–Crippen MR) is 94.7 cm³/mol. The lowest BCUT2D eigenvalue weighted by Gasteiger charge is -2.35. The van der Waals surface area contributed by atoms with Crippen LogP contribution in [-0.2, 0) is 17.4 Å². The van der Waals surface area contributed by atoms with Crippen LogP contribution in [0.25, 0.3) is 5.65 Å². The number of benzene rings is 1. The van der Waals surface area contributed by atoms with Crippen molar-refractivity contribution in [2.24, 2.45) is 0 Å². The summed E-state index contributed by atoms with van der Waals surface area (Å²) >= 11 is 0. The monoisotopic (exact) mass is 390 g/mol. The number of hydrogen-bond acceptors (Lipinski definition) is 5. The van der Waals surface area contributed by atoms with Gasteiger partial charge in [-0.05, 0) is 29.8 Å². The first-order chi connectivity index (χ1) is 13.4. The first-order valence-corrected chi connectivity index (χ1v) is 8.76. The lowest BCUT2D eigenvalue weighted by Crippen LogP contribution is -2.49. The molecule has 146 valence electrons. The minimum atomic E-state index is -4.37. The molecule has 3 heterocycles. The molecule has 28 heavy (non-hydrogen) atoms. The summed E-state index contributed by atoms with van der Waals surface area (Å²) in [5.74, 6) is 0.684. The molecule has 10 heteroatoms. The van der Waals surface area contributed by atoms with Gasteiger partial charge in [0.25, 0.3) is 0 Å². The fraction of sp³-hybridized carbons (Fsp3) is 0.333. The van der Waals surface area contributed by atoms with Crippen molar-refractivity contribution in [3.8, 4) is 0 Å². The molecule has 3 aromatic rings. The summed E-state index contributed by atoms with van der Waals surface area (Å²) in [7, 11) is 0. The summed E-state index contributed by atoms with van der Waals surface area (Å²) in [5, 5.41) is 12.2. The maximum Gasteiger partial charge on any atom is 0.416 e. The molecule has 0 unspecified atom stereocenters. The van der Waals surface area contributed by atoms with E-state index in [1.807, 2.05) is 12.1 Å². The third kappa shape index (κ3) is 3.75. The molecule has 1 aliphatic rings. The Labute approximate surface area is 158 Å². The van der Waals surface area contributed by atoms with Crippen molar-refractivity contribution < 1.29 is 18.0 Å². The van der Waals surface area contributed by atoms with E-state index in [4.69, 9.17) is 0 Å². The Hall–Kier alpha value is -3.17. The van der Waals surface area contributed by atoms with Crippen molar-refractivity contribution in [3.63, 3.8) is 0 Å². The summed E-state index contributed by atoms with van der Waals surface area (Å²) < 4.78 is 39.5. The van der Waals surface area contributed by atoms with Crippen molar-refractivity contribution in [2.75, 3.05) is 31.1 Å². The van der Waals surface area contributed by atoms with E-state index in [0.717, 1.165) is 18.0 Å². The topological polar surface area (TPSA) is 66.6 Å². The van der Waals surface area contributed by atoms with Crippen LogP contribution >= 0.6 is 0 Å². The fourth-order valence-electron chi connectivity index (χ4n) is 3.17. The van der Waals surface area contributed by atoms with Crippen LogP contribution in [0.15, 0.2) is 42.7 Å². The molecule has 0 aliphatic carbocycles. The Morgan fingerprint density at radius 1 is 1.00 bits per heavy atom. The van der Waals surface area contributed by atoms with Gasteiger partial charge in [-0.15, -0.1) is 15.3 Å². The summed E-state index contributed by atoms with van der Waals surface area (Å²) in [6.07, 6.45) is -2.76. The molecule has 2 aromatic heterocycles. The number of hydrogen-bond donors (Lipinski definition) is 0. The molecule has 1 saturated heterocycles. The van der Waals surface area contributed by atoms with Crippen LogP contribution in [0.2, 0.25) is 0 Å². The second-order valence-electron chi connectivity index (χ2n) is 6.56. The van der Waals surface area contributed by atoms with Gasteiger partial charge in [0, 0.05) is 26.2 Å². The first-order valence-electron chi connectivity index (χ1n) is 8.76. The fourth-order valence-corrected chi connectivity index (χ4v) is 3.17. The summed E-state index contributed by atoms with van der Waals surface area (Å²) in [6, 6.07) is 8.42. The lowest BCUT2D eigenvalue weighted by molar-refractivity contribution is -0.137. The Kier molecular flexibility index (Phi) is 4.62. The highest BCUT2D eigenvalue weighted by Gasteiger charge is 2.30.